The molecule has 0 aliphatic heterocycles. The highest BCUT2D eigenvalue weighted by Gasteiger charge is 2.42. The molecule has 0 amide bonds. The van der Waals surface area contributed by atoms with Crippen molar-refractivity contribution in [3.05, 3.63) is 29.8 Å². The molecule has 0 heterocycles. The predicted octanol–water partition coefficient (Wildman–Crippen LogP) is 4.07. The van der Waals surface area contributed by atoms with Gasteiger partial charge in [-0.2, -0.15) is 0 Å². The Kier molecular flexibility index (Phi) is 5.65. The van der Waals surface area contributed by atoms with Crippen molar-refractivity contribution in [1.29, 1.82) is 0 Å². The maximum absolute atomic E-state index is 6.68. The van der Waals surface area contributed by atoms with Gasteiger partial charge in [0.2, 0.25) is 0 Å². The number of hydrogen-bond donors (Lipinski definition) is 1. The van der Waals surface area contributed by atoms with Gasteiger partial charge in [-0.3, -0.25) is 0 Å². The van der Waals surface area contributed by atoms with Crippen molar-refractivity contribution < 1.29 is 9.47 Å². The van der Waals surface area contributed by atoms with Crippen molar-refractivity contribution in [2.45, 2.75) is 58.1 Å². The molecule has 0 radical (unpaired) electrons. The SMILES string of the molecule is CCOc1ccccc1C(N)C1(OCC)CCCC(C)C1. The summed E-state index contributed by atoms with van der Waals surface area (Å²) in [5, 5.41) is 0. The van der Waals surface area contributed by atoms with Gasteiger partial charge >= 0.3 is 0 Å². The lowest BCUT2D eigenvalue weighted by molar-refractivity contribution is -0.0942. The molecular weight excluding hydrogens is 262 g/mol. The predicted molar refractivity (Wildman–Crippen MR) is 86.5 cm³/mol. The smallest absolute Gasteiger partial charge is 0.124 e. The number of hydrogen-bond acceptors (Lipinski definition) is 3. The Bertz CT molecular complexity index is 445. The van der Waals surface area contributed by atoms with Crippen LogP contribution in [0.15, 0.2) is 24.3 Å². The largest absolute Gasteiger partial charge is 0.494 e. The van der Waals surface area contributed by atoms with Crippen LogP contribution in [-0.2, 0) is 4.74 Å². The molecule has 3 unspecified atom stereocenters. The van der Waals surface area contributed by atoms with Crippen molar-refractivity contribution in [3.63, 3.8) is 0 Å². The normalized spacial score (nSPS) is 27.3. The van der Waals surface area contributed by atoms with Crippen LogP contribution < -0.4 is 10.5 Å². The molecule has 3 heteroatoms. The minimum absolute atomic E-state index is 0.136. The first-order valence-electron chi connectivity index (χ1n) is 8.24. The molecule has 2 rings (SSSR count). The molecule has 1 saturated carbocycles. The molecule has 3 atom stereocenters. The molecule has 1 fully saturated rings. The highest BCUT2D eigenvalue weighted by Crippen LogP contribution is 2.44. The van der Waals surface area contributed by atoms with Crippen molar-refractivity contribution in [2.75, 3.05) is 13.2 Å². The summed E-state index contributed by atoms with van der Waals surface area (Å²) >= 11 is 0. The van der Waals surface area contributed by atoms with Gasteiger partial charge in [0.25, 0.3) is 0 Å². The third-order valence-electron chi connectivity index (χ3n) is 4.54. The molecule has 0 aromatic heterocycles. The van der Waals surface area contributed by atoms with E-state index in [1.807, 2.05) is 25.1 Å². The third-order valence-corrected chi connectivity index (χ3v) is 4.54. The molecule has 0 saturated heterocycles. The van der Waals surface area contributed by atoms with Crippen molar-refractivity contribution >= 4 is 0 Å². The maximum Gasteiger partial charge on any atom is 0.124 e. The van der Waals surface area contributed by atoms with Crippen LogP contribution in [-0.4, -0.2) is 18.8 Å². The van der Waals surface area contributed by atoms with Gasteiger partial charge < -0.3 is 15.2 Å². The lowest BCUT2D eigenvalue weighted by Crippen LogP contribution is -2.47. The van der Waals surface area contributed by atoms with E-state index in [1.165, 1.54) is 12.8 Å². The second kappa shape index (κ2) is 7.28. The minimum atomic E-state index is -0.250. The summed E-state index contributed by atoms with van der Waals surface area (Å²) in [6, 6.07) is 7.98. The number of ether oxygens (including phenoxy) is 2. The summed E-state index contributed by atoms with van der Waals surface area (Å²) < 4.78 is 12.0. The summed E-state index contributed by atoms with van der Waals surface area (Å²) in [5.74, 6) is 1.56. The Hall–Kier alpha value is -1.06. The van der Waals surface area contributed by atoms with Crippen LogP contribution in [0.25, 0.3) is 0 Å². The number of benzene rings is 1. The monoisotopic (exact) mass is 291 g/mol. The fraction of sp³-hybridized carbons (Fsp3) is 0.667. The van der Waals surface area contributed by atoms with Crippen LogP contribution in [0.3, 0.4) is 0 Å². The summed E-state index contributed by atoms with van der Waals surface area (Å²) in [6.07, 6.45) is 4.52. The van der Waals surface area contributed by atoms with Gasteiger partial charge in [0.1, 0.15) is 5.75 Å². The van der Waals surface area contributed by atoms with E-state index in [-0.39, 0.29) is 11.6 Å². The molecule has 1 aliphatic carbocycles. The first-order chi connectivity index (χ1) is 10.1. The molecule has 21 heavy (non-hydrogen) atoms. The first-order valence-corrected chi connectivity index (χ1v) is 8.24. The summed E-state index contributed by atoms with van der Waals surface area (Å²) in [4.78, 5) is 0. The van der Waals surface area contributed by atoms with Crippen LogP contribution in [0.2, 0.25) is 0 Å². The van der Waals surface area contributed by atoms with Crippen LogP contribution >= 0.6 is 0 Å². The lowest BCUT2D eigenvalue weighted by atomic mass is 9.73. The summed E-state index contributed by atoms with van der Waals surface area (Å²) in [5.41, 5.74) is 7.50. The van der Waals surface area contributed by atoms with E-state index in [1.54, 1.807) is 0 Å². The molecule has 118 valence electrons. The van der Waals surface area contributed by atoms with E-state index < -0.39 is 0 Å². The molecule has 3 nitrogen and oxygen atoms in total. The Labute approximate surface area is 128 Å². The fourth-order valence-electron chi connectivity index (χ4n) is 3.64. The fourth-order valence-corrected chi connectivity index (χ4v) is 3.64. The van der Waals surface area contributed by atoms with Crippen molar-refractivity contribution in [2.24, 2.45) is 11.7 Å². The highest BCUT2D eigenvalue weighted by atomic mass is 16.5. The Morgan fingerprint density at radius 3 is 2.71 bits per heavy atom. The van der Waals surface area contributed by atoms with Crippen LogP contribution in [0.5, 0.6) is 5.75 Å². The second-order valence-electron chi connectivity index (χ2n) is 6.15. The Balaban J connectivity index is 2.32. The zero-order valence-corrected chi connectivity index (χ0v) is 13.6. The molecule has 0 spiro atoms. The average molecular weight is 291 g/mol. The summed E-state index contributed by atoms with van der Waals surface area (Å²) in [7, 11) is 0. The first kappa shape index (κ1) is 16.3. The number of nitrogens with two attached hydrogens (primary N) is 1. The van der Waals surface area contributed by atoms with E-state index in [9.17, 15) is 0 Å². The topological polar surface area (TPSA) is 44.5 Å². The second-order valence-corrected chi connectivity index (χ2v) is 6.15. The zero-order chi connectivity index (χ0) is 15.3. The minimum Gasteiger partial charge on any atom is -0.494 e. The van der Waals surface area contributed by atoms with Gasteiger partial charge in [0, 0.05) is 12.2 Å². The number of para-hydroxylation sites is 1. The van der Waals surface area contributed by atoms with Gasteiger partial charge in [0.05, 0.1) is 18.2 Å². The lowest BCUT2D eigenvalue weighted by Gasteiger charge is -2.44. The van der Waals surface area contributed by atoms with Gasteiger partial charge in [-0.25, -0.2) is 0 Å². The van der Waals surface area contributed by atoms with Crippen molar-refractivity contribution in [3.8, 4) is 5.75 Å². The highest BCUT2D eigenvalue weighted by molar-refractivity contribution is 5.37. The average Bonchev–Trinajstić information content (AvgIpc) is 2.48. The van der Waals surface area contributed by atoms with E-state index in [0.717, 1.165) is 24.2 Å². The van der Waals surface area contributed by atoms with E-state index >= 15 is 0 Å². The van der Waals surface area contributed by atoms with Gasteiger partial charge in [-0.15, -0.1) is 0 Å². The van der Waals surface area contributed by atoms with E-state index in [2.05, 4.69) is 19.9 Å². The zero-order valence-electron chi connectivity index (χ0n) is 13.6. The quantitative estimate of drug-likeness (QED) is 0.859. The third kappa shape index (κ3) is 3.58. The number of rotatable bonds is 6. The molecule has 2 N–H and O–H groups in total. The van der Waals surface area contributed by atoms with Gasteiger partial charge in [-0.05, 0) is 38.7 Å². The summed E-state index contributed by atoms with van der Waals surface area (Å²) in [6.45, 7) is 7.72. The van der Waals surface area contributed by atoms with Crippen LogP contribution in [0.4, 0.5) is 0 Å². The molecule has 0 bridgehead atoms. The maximum atomic E-state index is 6.68. The van der Waals surface area contributed by atoms with Gasteiger partial charge in [0.15, 0.2) is 0 Å². The Morgan fingerprint density at radius 2 is 2.05 bits per heavy atom. The van der Waals surface area contributed by atoms with Crippen molar-refractivity contribution in [1.82, 2.24) is 0 Å². The van der Waals surface area contributed by atoms with Gasteiger partial charge in [-0.1, -0.05) is 38.0 Å². The van der Waals surface area contributed by atoms with E-state index in [0.29, 0.717) is 19.1 Å². The van der Waals surface area contributed by atoms with E-state index in [4.69, 9.17) is 15.2 Å². The van der Waals surface area contributed by atoms with Crippen LogP contribution in [0.1, 0.15) is 58.1 Å². The standard InChI is InChI=1S/C18H29NO2/c1-4-20-16-11-7-6-10-15(16)17(19)18(21-5-2)12-8-9-14(3)13-18/h6-7,10-11,14,17H,4-5,8-9,12-13,19H2,1-3H3. The van der Waals surface area contributed by atoms with Crippen LogP contribution in [0, 0.1) is 5.92 Å². The molecule has 1 aromatic rings. The Morgan fingerprint density at radius 1 is 1.29 bits per heavy atom. The molecular formula is C18H29NO2. The molecule has 1 aliphatic rings. The molecule has 1 aromatic carbocycles.